The number of rotatable bonds is 10. The molecule has 6 rings (SSSR count). The first-order valence-corrected chi connectivity index (χ1v) is 14.2. The molecule has 1 aliphatic carbocycles. The molecule has 0 saturated heterocycles. The molecule has 1 unspecified atom stereocenters. The van der Waals surface area contributed by atoms with Crippen LogP contribution in [0, 0.1) is 5.82 Å². The minimum atomic E-state index is -4.61. The topological polar surface area (TPSA) is 132 Å². The van der Waals surface area contributed by atoms with E-state index in [1.807, 2.05) is 0 Å². The molecule has 0 spiro atoms. The number of nitrogens with zero attached hydrogens (tertiary/aromatic N) is 2. The summed E-state index contributed by atoms with van der Waals surface area (Å²) in [5.74, 6) is -2.09. The fourth-order valence-corrected chi connectivity index (χ4v) is 5.40. The van der Waals surface area contributed by atoms with Crippen LogP contribution in [-0.2, 0) is 10.3 Å². The van der Waals surface area contributed by atoms with Crippen LogP contribution in [0.4, 0.5) is 32.0 Å². The number of primary amides is 1. The first-order valence-electron chi connectivity index (χ1n) is 14.2. The van der Waals surface area contributed by atoms with Crippen molar-refractivity contribution in [1.29, 1.82) is 0 Å². The maximum absolute atomic E-state index is 13.6. The summed E-state index contributed by atoms with van der Waals surface area (Å²) >= 11 is 0. The van der Waals surface area contributed by atoms with Crippen molar-refractivity contribution < 1.29 is 45.1 Å². The third-order valence-corrected chi connectivity index (χ3v) is 7.50. The normalized spacial score (nSPS) is 15.9. The average molecular weight is 668 g/mol. The second-order valence-electron chi connectivity index (χ2n) is 10.8. The highest BCUT2D eigenvalue weighted by Gasteiger charge is 2.44. The maximum atomic E-state index is 13.6. The molecule has 1 aliphatic rings. The maximum Gasteiger partial charge on any atom is 0.405 e. The van der Waals surface area contributed by atoms with Gasteiger partial charge in [-0.25, -0.2) is 14.4 Å². The van der Waals surface area contributed by atoms with Gasteiger partial charge < -0.3 is 25.5 Å². The van der Waals surface area contributed by atoms with Crippen LogP contribution in [0.3, 0.4) is 0 Å². The first kappa shape index (κ1) is 32.1. The number of hydrogen-bond donors (Lipinski definition) is 3. The number of aromatic nitrogens is 2. The van der Waals surface area contributed by atoms with E-state index in [2.05, 4.69) is 25.3 Å². The lowest BCUT2D eigenvalue weighted by Gasteiger charge is -2.38. The number of amides is 2. The summed E-state index contributed by atoms with van der Waals surface area (Å²) in [5, 5.41) is 5.26. The number of carbonyl (C=O) groups excluding carboxylic acids is 2. The van der Waals surface area contributed by atoms with Gasteiger partial charge in [0, 0.05) is 52.6 Å². The second-order valence-corrected chi connectivity index (χ2v) is 10.8. The Bertz CT molecular complexity index is 2050. The summed E-state index contributed by atoms with van der Waals surface area (Å²) in [6, 6.07) is 15.1. The van der Waals surface area contributed by atoms with Crippen LogP contribution in [0.15, 0.2) is 95.4 Å². The highest BCUT2D eigenvalue weighted by Crippen LogP contribution is 2.41. The highest BCUT2D eigenvalue weighted by molar-refractivity contribution is 6.12. The Labute approximate surface area is 267 Å². The quantitative estimate of drug-likeness (QED) is 0.138. The van der Waals surface area contributed by atoms with Gasteiger partial charge in [0.2, 0.25) is 0 Å². The molecule has 1 atom stereocenters. The molecule has 2 aromatic heterocycles. The number of hydrogen-bond acceptors (Lipinski definition) is 7. The van der Waals surface area contributed by atoms with E-state index in [-0.39, 0.29) is 62.7 Å². The van der Waals surface area contributed by atoms with Crippen molar-refractivity contribution in [3.05, 3.63) is 114 Å². The fourth-order valence-electron chi connectivity index (χ4n) is 5.40. The van der Waals surface area contributed by atoms with Gasteiger partial charge >= 0.3 is 12.8 Å². The average Bonchev–Trinajstić information content (AvgIpc) is 3.41. The van der Waals surface area contributed by atoms with Gasteiger partial charge in [0.05, 0.1) is 5.56 Å². The molecule has 2 heterocycles. The Balaban J connectivity index is 1.42. The summed E-state index contributed by atoms with van der Waals surface area (Å²) in [5.41, 5.74) is 5.00. The lowest BCUT2D eigenvalue weighted by molar-refractivity contribution is -0.115. The minimum Gasteiger partial charge on any atom is -0.455 e. The molecule has 4 N–H and O–H groups in total. The van der Waals surface area contributed by atoms with E-state index in [4.69, 9.17) is 10.2 Å². The Kier molecular flexibility index (Phi) is 8.29. The standard InChI is InChI=1S/C33H23F6N5O4/c34-20-7-5-17(6-8-20)27-26(28(40)45)23-12-22(24(13-25(23)48-27)43-16-33(37,38)39)18-3-1-4-19(11-18)29(46)44-32(30-41-9-2-10-42-30)14-21(15-32)47-31(35)36/h1-14,31,43H,15-16H2,(H2,40,45)(H,44,46). The third-order valence-electron chi connectivity index (χ3n) is 7.50. The molecule has 0 radical (unpaired) electrons. The van der Waals surface area contributed by atoms with E-state index in [0.29, 0.717) is 5.56 Å². The Morgan fingerprint density at radius 2 is 1.71 bits per heavy atom. The smallest absolute Gasteiger partial charge is 0.405 e. The van der Waals surface area contributed by atoms with Crippen molar-refractivity contribution in [2.24, 2.45) is 5.73 Å². The van der Waals surface area contributed by atoms with Gasteiger partial charge in [0.15, 0.2) is 5.82 Å². The van der Waals surface area contributed by atoms with Crippen molar-refractivity contribution in [2.75, 3.05) is 11.9 Å². The molecule has 0 fully saturated rings. The lowest BCUT2D eigenvalue weighted by Crippen LogP contribution is -2.50. The van der Waals surface area contributed by atoms with Crippen LogP contribution in [-0.4, -0.2) is 41.1 Å². The van der Waals surface area contributed by atoms with Crippen LogP contribution in [0.2, 0.25) is 0 Å². The minimum absolute atomic E-state index is 0.0123. The summed E-state index contributed by atoms with van der Waals surface area (Å²) in [6.45, 7) is -4.50. The molecule has 48 heavy (non-hydrogen) atoms. The number of furan rings is 1. The number of carbonyl (C=O) groups is 2. The molecule has 0 aliphatic heterocycles. The van der Waals surface area contributed by atoms with Crippen molar-refractivity contribution in [3.8, 4) is 22.5 Å². The van der Waals surface area contributed by atoms with E-state index < -0.39 is 42.5 Å². The summed E-state index contributed by atoms with van der Waals surface area (Å²) in [7, 11) is 0. The molecule has 15 heteroatoms. The van der Waals surface area contributed by atoms with Crippen LogP contribution in [0.25, 0.3) is 33.4 Å². The molecule has 246 valence electrons. The van der Waals surface area contributed by atoms with Crippen LogP contribution in [0.1, 0.15) is 33.0 Å². The predicted octanol–water partition coefficient (Wildman–Crippen LogP) is 6.92. The van der Waals surface area contributed by atoms with Crippen molar-refractivity contribution in [2.45, 2.75) is 24.7 Å². The summed E-state index contributed by atoms with van der Waals surface area (Å²) < 4.78 is 89.6. The van der Waals surface area contributed by atoms with Crippen LogP contribution >= 0.6 is 0 Å². The lowest BCUT2D eigenvalue weighted by atomic mass is 9.82. The van der Waals surface area contributed by atoms with Crippen molar-refractivity contribution >= 4 is 28.5 Å². The van der Waals surface area contributed by atoms with Gasteiger partial charge in [-0.05, 0) is 60.2 Å². The van der Waals surface area contributed by atoms with Crippen molar-refractivity contribution in [1.82, 2.24) is 15.3 Å². The molecule has 9 nitrogen and oxygen atoms in total. The number of ether oxygens (including phenoxy) is 1. The number of fused-ring (bicyclic) bond motifs is 1. The monoisotopic (exact) mass is 667 g/mol. The molecule has 0 bridgehead atoms. The molecule has 5 aromatic rings. The van der Waals surface area contributed by atoms with Crippen LogP contribution < -0.4 is 16.4 Å². The zero-order chi connectivity index (χ0) is 34.2. The van der Waals surface area contributed by atoms with Gasteiger partial charge in [0.1, 0.15) is 35.0 Å². The van der Waals surface area contributed by atoms with E-state index in [1.54, 1.807) is 0 Å². The number of benzene rings is 3. The molecule has 0 saturated carbocycles. The molecule has 3 aromatic carbocycles. The zero-order valence-electron chi connectivity index (χ0n) is 24.4. The first-order chi connectivity index (χ1) is 22.8. The summed E-state index contributed by atoms with van der Waals surface area (Å²) in [4.78, 5) is 34.5. The predicted molar refractivity (Wildman–Crippen MR) is 161 cm³/mol. The van der Waals surface area contributed by atoms with E-state index in [0.717, 1.165) is 12.1 Å². The summed E-state index contributed by atoms with van der Waals surface area (Å²) in [6.07, 6.45) is -0.667. The molecular weight excluding hydrogens is 644 g/mol. The third kappa shape index (κ3) is 6.52. The fraction of sp³-hybridized carbons (Fsp3) is 0.152. The second kappa shape index (κ2) is 12.4. The van der Waals surface area contributed by atoms with Gasteiger partial charge in [-0.3, -0.25) is 9.59 Å². The Morgan fingerprint density at radius 3 is 2.35 bits per heavy atom. The number of alkyl halides is 5. The van der Waals surface area contributed by atoms with E-state index in [1.165, 1.54) is 73.1 Å². The van der Waals surface area contributed by atoms with Gasteiger partial charge in [-0.2, -0.15) is 22.0 Å². The van der Waals surface area contributed by atoms with Crippen LogP contribution in [0.5, 0.6) is 0 Å². The largest absolute Gasteiger partial charge is 0.455 e. The van der Waals surface area contributed by atoms with Gasteiger partial charge in [0.25, 0.3) is 11.8 Å². The Morgan fingerprint density at radius 1 is 1.00 bits per heavy atom. The number of anilines is 1. The highest BCUT2D eigenvalue weighted by atomic mass is 19.4. The Hall–Kier alpha value is -5.86. The zero-order valence-corrected chi connectivity index (χ0v) is 24.4. The van der Waals surface area contributed by atoms with E-state index in [9.17, 15) is 35.9 Å². The molecular formula is C33H23F6N5O4. The van der Waals surface area contributed by atoms with Gasteiger partial charge in [-0.1, -0.05) is 12.1 Å². The SMILES string of the molecule is NC(=O)c1c(-c2ccc(F)cc2)oc2cc(NCC(F)(F)F)c(-c3cccc(C(=O)NC4(c5ncccn5)C=C(OC(F)F)C4)c3)cc12. The van der Waals surface area contributed by atoms with E-state index >= 15 is 0 Å². The number of halogens is 6. The number of nitrogens with two attached hydrogens (primary N) is 1. The van der Waals surface area contributed by atoms with Gasteiger partial charge in [-0.15, -0.1) is 0 Å². The van der Waals surface area contributed by atoms with Crippen molar-refractivity contribution in [3.63, 3.8) is 0 Å². The molecule has 2 amide bonds. The number of nitrogens with one attached hydrogen (secondary N) is 2.